The third-order valence-electron chi connectivity index (χ3n) is 8.95. The number of aliphatic hydroxyl groups is 1. The number of hydrogen-bond acceptors (Lipinski definition) is 5. The fourth-order valence-corrected chi connectivity index (χ4v) is 7.94. The van der Waals surface area contributed by atoms with Gasteiger partial charge in [-0.1, -0.05) is 46.8 Å². The molecule has 2 bridgehead atoms. The van der Waals surface area contributed by atoms with E-state index in [2.05, 4.69) is 33.9 Å². The first kappa shape index (κ1) is 31.3. The molecule has 0 aliphatic carbocycles. The van der Waals surface area contributed by atoms with Gasteiger partial charge < -0.3 is 24.5 Å². The van der Waals surface area contributed by atoms with Gasteiger partial charge in [-0.2, -0.15) is 0 Å². The Morgan fingerprint density at radius 3 is 2.26 bits per heavy atom. The van der Waals surface area contributed by atoms with Crippen molar-refractivity contribution in [1.82, 2.24) is 14.7 Å². The summed E-state index contributed by atoms with van der Waals surface area (Å²) in [6, 6.07) is -0.911. The van der Waals surface area contributed by atoms with E-state index in [0.717, 1.165) is 12.8 Å². The Labute approximate surface area is 235 Å². The number of carbonyl (C=O) groups excluding carboxylic acids is 3. The van der Waals surface area contributed by atoms with Gasteiger partial charge in [-0.3, -0.25) is 14.4 Å². The number of β-amino-alcohol motifs (C(OH)–C–C–N with tert-alkyl or cyclic N) is 1. The molecule has 3 fully saturated rings. The smallest absolute Gasteiger partial charge is 0.249 e. The highest BCUT2D eigenvalue weighted by atomic mass is 16.5. The van der Waals surface area contributed by atoms with E-state index in [-0.39, 0.29) is 36.3 Å². The van der Waals surface area contributed by atoms with Crippen molar-refractivity contribution >= 4 is 17.7 Å². The number of amides is 3. The maximum Gasteiger partial charge on any atom is 0.249 e. The van der Waals surface area contributed by atoms with Crippen LogP contribution < -0.4 is 0 Å². The molecule has 8 nitrogen and oxygen atoms in total. The third-order valence-corrected chi connectivity index (χ3v) is 8.95. The minimum atomic E-state index is -1.11. The predicted octanol–water partition coefficient (Wildman–Crippen LogP) is 3.79. The summed E-state index contributed by atoms with van der Waals surface area (Å²) in [4.78, 5) is 48.1. The number of nitrogens with zero attached hydrogens (tertiary/aromatic N) is 3. The number of rotatable bonds is 13. The largest absolute Gasteiger partial charge is 0.395 e. The average Bonchev–Trinajstić information content (AvgIpc) is 3.44. The normalized spacial score (nSPS) is 29.9. The van der Waals surface area contributed by atoms with Crippen LogP contribution in [0.25, 0.3) is 0 Å². The molecule has 5 atom stereocenters. The molecular formula is C31H51N3O5. The van der Waals surface area contributed by atoms with Crippen LogP contribution in [0.1, 0.15) is 80.6 Å². The van der Waals surface area contributed by atoms with Crippen molar-refractivity contribution < 1.29 is 24.2 Å². The Balaban J connectivity index is 2.13. The molecule has 3 saturated heterocycles. The van der Waals surface area contributed by atoms with Gasteiger partial charge in [0.25, 0.3) is 0 Å². The van der Waals surface area contributed by atoms with Crippen LogP contribution in [0.3, 0.4) is 0 Å². The molecular weight excluding hydrogens is 494 g/mol. The molecule has 0 aromatic heterocycles. The summed E-state index contributed by atoms with van der Waals surface area (Å²) in [5.74, 6) is -2.01. The molecule has 220 valence electrons. The summed E-state index contributed by atoms with van der Waals surface area (Å²) in [5, 5.41) is 9.97. The summed E-state index contributed by atoms with van der Waals surface area (Å²) in [5.41, 5.74) is -2.47. The molecule has 8 heteroatoms. The first-order valence-corrected chi connectivity index (χ1v) is 14.6. The van der Waals surface area contributed by atoms with Gasteiger partial charge in [-0.05, 0) is 51.4 Å². The van der Waals surface area contributed by atoms with Crippen molar-refractivity contribution in [2.24, 2.45) is 17.3 Å². The number of fused-ring (bicyclic) bond motifs is 1. The lowest BCUT2D eigenvalue weighted by molar-refractivity contribution is -0.158. The maximum absolute atomic E-state index is 14.6. The third kappa shape index (κ3) is 5.31. The van der Waals surface area contributed by atoms with E-state index in [1.807, 2.05) is 32.6 Å². The minimum absolute atomic E-state index is 0.0177. The van der Waals surface area contributed by atoms with E-state index in [4.69, 9.17) is 4.74 Å². The zero-order valence-corrected chi connectivity index (χ0v) is 25.3. The highest BCUT2D eigenvalue weighted by Crippen LogP contribution is 2.64. The fraction of sp³-hybridized carbons (Fsp3) is 0.774. The van der Waals surface area contributed by atoms with Crippen molar-refractivity contribution in [1.29, 1.82) is 0 Å². The first-order chi connectivity index (χ1) is 18.2. The summed E-state index contributed by atoms with van der Waals surface area (Å²) in [6.07, 6.45) is 6.67. The summed E-state index contributed by atoms with van der Waals surface area (Å²) in [7, 11) is 0. The van der Waals surface area contributed by atoms with Crippen LogP contribution in [0.4, 0.5) is 0 Å². The van der Waals surface area contributed by atoms with Crippen molar-refractivity contribution in [3.8, 4) is 0 Å². The van der Waals surface area contributed by atoms with Gasteiger partial charge in [-0.15, -0.1) is 13.2 Å². The molecule has 1 N–H and O–H groups in total. The summed E-state index contributed by atoms with van der Waals surface area (Å²) in [6.45, 7) is 23.3. The lowest BCUT2D eigenvalue weighted by Gasteiger charge is -2.45. The van der Waals surface area contributed by atoms with Crippen molar-refractivity contribution in [2.75, 3.05) is 32.8 Å². The Hall–Kier alpha value is -2.19. The van der Waals surface area contributed by atoms with Gasteiger partial charge >= 0.3 is 0 Å². The Morgan fingerprint density at radius 2 is 1.74 bits per heavy atom. The Bertz CT molecular complexity index is 972. The SMILES string of the molecule is C=CCN(CCC)C(=O)[C@H]1[C@H]2C(=O)N(CCO)C(C(=O)N(CC=C)C(C)(C)CC(C)(C)C)C23CC[C@]1(CC)O3. The molecule has 1 spiro atoms. The Morgan fingerprint density at radius 1 is 1.10 bits per heavy atom. The number of hydrogen-bond donors (Lipinski definition) is 1. The quantitative estimate of drug-likeness (QED) is 0.356. The number of likely N-dealkylation sites (tertiary alicyclic amines) is 1. The van der Waals surface area contributed by atoms with Gasteiger partial charge in [0.15, 0.2) is 0 Å². The van der Waals surface area contributed by atoms with Crippen molar-refractivity contribution in [2.45, 2.75) is 103 Å². The standard InChI is InChI=1S/C31H51N3O5/c1-10-16-32(17-11-2)25(36)22-23-26(37)33(19-20-35)24(31(23)15-14-30(22,13-4)39-31)27(38)34(18-12-3)29(8,9)21-28(5,6)7/h10,12,22-24,35H,1,3,11,13-21H2,2,4-9H3/t22-,23+,24?,30+,31?/m1/s1. The van der Waals surface area contributed by atoms with Crippen molar-refractivity contribution in [3.63, 3.8) is 0 Å². The van der Waals surface area contributed by atoms with Crippen molar-refractivity contribution in [3.05, 3.63) is 25.3 Å². The lowest BCUT2D eigenvalue weighted by atomic mass is 9.64. The van der Waals surface area contributed by atoms with Gasteiger partial charge in [0.05, 0.1) is 24.0 Å². The van der Waals surface area contributed by atoms with Crippen LogP contribution in [-0.4, -0.2) is 93.1 Å². The molecule has 0 aromatic carbocycles. The van der Waals surface area contributed by atoms with Crippen LogP contribution in [0.2, 0.25) is 0 Å². The van der Waals surface area contributed by atoms with E-state index in [9.17, 15) is 19.5 Å². The van der Waals surface area contributed by atoms with Gasteiger partial charge in [0.2, 0.25) is 17.7 Å². The second kappa shape index (κ2) is 11.4. The first-order valence-electron chi connectivity index (χ1n) is 14.6. The van der Waals surface area contributed by atoms with Crippen LogP contribution in [0, 0.1) is 17.3 Å². The second-order valence-electron chi connectivity index (χ2n) is 13.4. The highest BCUT2D eigenvalue weighted by molar-refractivity contribution is 5.99. The molecule has 3 heterocycles. The maximum atomic E-state index is 14.6. The van der Waals surface area contributed by atoms with Crippen LogP contribution in [0.5, 0.6) is 0 Å². The monoisotopic (exact) mass is 545 g/mol. The van der Waals surface area contributed by atoms with Crippen LogP contribution in [0.15, 0.2) is 25.3 Å². The lowest BCUT2D eigenvalue weighted by Crippen LogP contribution is -2.61. The highest BCUT2D eigenvalue weighted by Gasteiger charge is 2.79. The minimum Gasteiger partial charge on any atom is -0.395 e. The van der Waals surface area contributed by atoms with E-state index in [1.54, 1.807) is 17.1 Å². The molecule has 39 heavy (non-hydrogen) atoms. The molecule has 0 aromatic rings. The van der Waals surface area contributed by atoms with Gasteiger partial charge in [0.1, 0.15) is 11.6 Å². The molecule has 3 aliphatic heterocycles. The van der Waals surface area contributed by atoms with Gasteiger partial charge in [-0.25, -0.2) is 0 Å². The van der Waals surface area contributed by atoms with E-state index < -0.39 is 34.6 Å². The van der Waals surface area contributed by atoms with Gasteiger partial charge in [0, 0.05) is 31.7 Å². The number of aliphatic hydroxyl groups excluding tert-OH is 1. The molecule has 0 radical (unpaired) electrons. The zero-order chi connectivity index (χ0) is 29.4. The van der Waals surface area contributed by atoms with E-state index in [1.165, 1.54) is 4.90 Å². The summed E-state index contributed by atoms with van der Waals surface area (Å²) >= 11 is 0. The molecule has 3 amide bonds. The topological polar surface area (TPSA) is 90.4 Å². The van der Waals surface area contributed by atoms with Crippen LogP contribution >= 0.6 is 0 Å². The fourth-order valence-electron chi connectivity index (χ4n) is 7.94. The average molecular weight is 546 g/mol. The number of carbonyl (C=O) groups is 3. The molecule has 0 saturated carbocycles. The Kier molecular flexibility index (Phi) is 9.13. The molecule has 3 rings (SSSR count). The van der Waals surface area contributed by atoms with Crippen LogP contribution in [-0.2, 0) is 19.1 Å². The van der Waals surface area contributed by atoms with E-state index >= 15 is 0 Å². The number of ether oxygens (including phenoxy) is 1. The molecule has 2 unspecified atom stereocenters. The zero-order valence-electron chi connectivity index (χ0n) is 25.3. The predicted molar refractivity (Wildman–Crippen MR) is 153 cm³/mol. The second-order valence-corrected chi connectivity index (χ2v) is 13.4. The molecule has 3 aliphatic rings. The summed E-state index contributed by atoms with van der Waals surface area (Å²) < 4.78 is 6.89. The van der Waals surface area contributed by atoms with E-state index in [0.29, 0.717) is 38.9 Å².